The summed E-state index contributed by atoms with van der Waals surface area (Å²) in [6, 6.07) is 0.487. The van der Waals surface area contributed by atoms with Crippen LogP contribution >= 0.6 is 0 Å². The molecule has 0 aliphatic heterocycles. The predicted molar refractivity (Wildman–Crippen MR) is 183 cm³/mol. The van der Waals surface area contributed by atoms with Gasteiger partial charge in [0.25, 0.3) is 5.91 Å². The van der Waals surface area contributed by atoms with Crippen LogP contribution in [0.1, 0.15) is 43.1 Å². The lowest BCUT2D eigenvalue weighted by Gasteiger charge is -2.50. The highest BCUT2D eigenvalue weighted by molar-refractivity contribution is 6.25. The van der Waals surface area contributed by atoms with Crippen molar-refractivity contribution in [2.24, 2.45) is 17.6 Å². The quantitative estimate of drug-likeness (QED) is 0.124. The molecule has 0 radical (unpaired) electrons. The zero-order chi connectivity index (χ0) is 37.6. The van der Waals surface area contributed by atoms with Crippen LogP contribution in [0.5, 0.6) is 5.75 Å². The molecule has 8 N–H and O–H groups in total. The molecule has 15 heteroatoms. The standard InChI is InChI=1S/C29H39N5O8.C6H4O2/c1-28(2,3)31-11-17(35)32-15-10-16(33(4)5)13-8-12-9-14-21(34(6)7)24(38)20(27(30)41)26(40)29(14,42)25(39)18(12)23(37)19(13)22(15)36;7-5-1-2-6(8)4-3-5/h10,12,14,21,31,36,38-39,42H,8-9,11H2,1-7H3,(H2,30,41)(H,32,35);1-4H/t12-,14-,21-,29-;/m0./s1. The third-order valence-corrected chi connectivity index (χ3v) is 9.06. The van der Waals surface area contributed by atoms with Crippen molar-refractivity contribution in [2.75, 3.05) is 45.0 Å². The smallest absolute Gasteiger partial charge is 0.255 e. The molecular weight excluding hydrogens is 650 g/mol. The predicted octanol–water partition coefficient (Wildman–Crippen LogP) is 0.764. The average molecular weight is 694 g/mol. The molecule has 4 aliphatic rings. The van der Waals surface area contributed by atoms with E-state index in [9.17, 15) is 49.2 Å². The zero-order valence-electron chi connectivity index (χ0n) is 29.0. The minimum atomic E-state index is -2.73. The van der Waals surface area contributed by atoms with E-state index >= 15 is 0 Å². The molecule has 0 heterocycles. The number of primary amides is 1. The Kier molecular flexibility index (Phi) is 10.3. The summed E-state index contributed by atoms with van der Waals surface area (Å²) in [5.74, 6) is -8.03. The van der Waals surface area contributed by atoms with E-state index in [1.54, 1.807) is 39.2 Å². The van der Waals surface area contributed by atoms with E-state index in [4.69, 9.17) is 5.73 Å². The number of aliphatic hydroxyl groups excluding tert-OH is 2. The molecule has 0 unspecified atom stereocenters. The van der Waals surface area contributed by atoms with Gasteiger partial charge in [-0.3, -0.25) is 33.7 Å². The number of amides is 2. The Hall–Kier alpha value is -5.12. The Balaban J connectivity index is 0.000000616. The first-order valence-electron chi connectivity index (χ1n) is 15.8. The SMILES string of the molecule is CN(C)c1cc(NC(=O)CNC(C)(C)C)c(O)c2c1C[C@H]1C[C@H]3[C@H](N(C)C)C(O)=C(C(N)=O)C(=O)[C@@]3(O)C(O)=C1C2=O.O=C1C=CC(=O)C=C1. The van der Waals surface area contributed by atoms with Crippen molar-refractivity contribution in [1.82, 2.24) is 10.2 Å². The second-order valence-electron chi connectivity index (χ2n) is 14.1. The van der Waals surface area contributed by atoms with Gasteiger partial charge in [-0.2, -0.15) is 0 Å². The fourth-order valence-electron chi connectivity index (χ4n) is 6.77. The fourth-order valence-corrected chi connectivity index (χ4v) is 6.77. The molecule has 5 rings (SSSR count). The van der Waals surface area contributed by atoms with Crippen LogP contribution in [0.4, 0.5) is 11.4 Å². The van der Waals surface area contributed by atoms with Gasteiger partial charge in [-0.1, -0.05) is 0 Å². The van der Waals surface area contributed by atoms with Crippen molar-refractivity contribution in [2.45, 2.75) is 50.8 Å². The van der Waals surface area contributed by atoms with E-state index in [-0.39, 0.29) is 53.3 Å². The first kappa shape index (κ1) is 37.7. The van der Waals surface area contributed by atoms with Crippen LogP contribution in [0.3, 0.4) is 0 Å². The number of anilines is 2. The number of ketones is 4. The number of likely N-dealkylation sites (N-methyl/N-ethyl adjacent to an activating group) is 1. The number of aromatic hydroxyl groups is 1. The topological polar surface area (TPSA) is 240 Å². The number of carbonyl (C=O) groups is 6. The van der Waals surface area contributed by atoms with Gasteiger partial charge in [0.2, 0.25) is 11.7 Å². The van der Waals surface area contributed by atoms with Crippen LogP contribution in [-0.2, 0) is 30.4 Å². The van der Waals surface area contributed by atoms with Gasteiger partial charge in [0, 0.05) is 36.8 Å². The summed E-state index contributed by atoms with van der Waals surface area (Å²) in [7, 11) is 6.62. The molecule has 4 atom stereocenters. The molecule has 4 aliphatic carbocycles. The van der Waals surface area contributed by atoms with E-state index in [1.807, 2.05) is 20.8 Å². The van der Waals surface area contributed by atoms with E-state index in [2.05, 4.69) is 10.6 Å². The van der Waals surface area contributed by atoms with Crippen LogP contribution < -0.4 is 21.3 Å². The van der Waals surface area contributed by atoms with Gasteiger partial charge < -0.3 is 41.7 Å². The average Bonchev–Trinajstić information content (AvgIpc) is 3.00. The number of phenolic OH excluding ortho intramolecular Hbond substituents is 1. The number of hydrogen-bond donors (Lipinski definition) is 7. The molecule has 0 spiro atoms. The number of nitrogens with one attached hydrogen (secondary N) is 2. The molecule has 15 nitrogen and oxygen atoms in total. The maximum Gasteiger partial charge on any atom is 0.255 e. The molecule has 1 aromatic carbocycles. The Morgan fingerprint density at radius 1 is 0.980 bits per heavy atom. The highest BCUT2D eigenvalue weighted by Gasteiger charge is 2.63. The Labute approximate surface area is 288 Å². The molecule has 1 aromatic rings. The number of allylic oxidation sites excluding steroid dienone is 5. The summed E-state index contributed by atoms with van der Waals surface area (Å²) in [5, 5.41) is 51.1. The van der Waals surface area contributed by atoms with Gasteiger partial charge in [-0.15, -0.1) is 0 Å². The van der Waals surface area contributed by atoms with Gasteiger partial charge in [-0.25, -0.2) is 0 Å². The monoisotopic (exact) mass is 693 g/mol. The molecule has 0 aromatic heterocycles. The van der Waals surface area contributed by atoms with Crippen molar-refractivity contribution in [3.63, 3.8) is 0 Å². The van der Waals surface area contributed by atoms with Gasteiger partial charge in [0.05, 0.1) is 23.8 Å². The number of phenols is 1. The lowest BCUT2D eigenvalue weighted by molar-refractivity contribution is -0.148. The minimum absolute atomic E-state index is 0.0175. The molecule has 268 valence electrons. The van der Waals surface area contributed by atoms with E-state index in [1.165, 1.54) is 29.2 Å². The molecule has 0 saturated carbocycles. The highest BCUT2D eigenvalue weighted by Crippen LogP contribution is 2.53. The van der Waals surface area contributed by atoms with Crippen LogP contribution in [0.2, 0.25) is 0 Å². The van der Waals surface area contributed by atoms with Gasteiger partial charge >= 0.3 is 0 Å². The summed E-state index contributed by atoms with van der Waals surface area (Å²) < 4.78 is 0. The van der Waals surface area contributed by atoms with Crippen molar-refractivity contribution in [1.29, 1.82) is 0 Å². The second kappa shape index (κ2) is 13.7. The largest absolute Gasteiger partial charge is 0.510 e. The summed E-state index contributed by atoms with van der Waals surface area (Å²) in [6.07, 6.45) is 5.13. The molecule has 0 saturated heterocycles. The van der Waals surface area contributed by atoms with Crippen LogP contribution in [-0.4, -0.2) is 112 Å². The van der Waals surface area contributed by atoms with Crippen LogP contribution in [0.25, 0.3) is 0 Å². The highest BCUT2D eigenvalue weighted by atomic mass is 16.3. The Morgan fingerprint density at radius 3 is 2.02 bits per heavy atom. The van der Waals surface area contributed by atoms with Crippen LogP contribution in [0.15, 0.2) is 53.0 Å². The van der Waals surface area contributed by atoms with Crippen molar-refractivity contribution in [3.8, 4) is 5.75 Å². The van der Waals surface area contributed by atoms with Crippen molar-refractivity contribution < 1.29 is 49.2 Å². The van der Waals surface area contributed by atoms with Gasteiger partial charge in [0.15, 0.2) is 28.7 Å². The molecule has 0 bridgehead atoms. The number of rotatable bonds is 6. The summed E-state index contributed by atoms with van der Waals surface area (Å²) in [6.45, 7) is 5.60. The third-order valence-electron chi connectivity index (χ3n) is 9.06. The third kappa shape index (κ3) is 6.84. The number of benzene rings is 1. The zero-order valence-corrected chi connectivity index (χ0v) is 29.0. The first-order chi connectivity index (χ1) is 23.1. The number of Topliss-reactive ketones (excluding diaryl/α,β-unsaturated/α-hetero) is 2. The fraction of sp³-hybridized carbons (Fsp3) is 0.429. The van der Waals surface area contributed by atoms with E-state index in [0.29, 0.717) is 11.3 Å². The normalized spacial score (nSPS) is 24.4. The number of nitrogens with zero attached hydrogens (tertiary/aromatic N) is 2. The van der Waals surface area contributed by atoms with E-state index in [0.717, 1.165) is 0 Å². The molecule has 0 fully saturated rings. The van der Waals surface area contributed by atoms with Crippen molar-refractivity contribution in [3.05, 3.63) is 64.2 Å². The van der Waals surface area contributed by atoms with Gasteiger partial charge in [-0.05, 0) is 89.6 Å². The lowest BCUT2D eigenvalue weighted by Crippen LogP contribution is -2.63. The summed E-state index contributed by atoms with van der Waals surface area (Å²) in [4.78, 5) is 76.2. The second-order valence-corrected chi connectivity index (χ2v) is 14.1. The summed E-state index contributed by atoms with van der Waals surface area (Å²) >= 11 is 0. The van der Waals surface area contributed by atoms with Crippen LogP contribution in [0, 0.1) is 11.8 Å². The maximum absolute atomic E-state index is 14.1. The maximum atomic E-state index is 14.1. The lowest BCUT2D eigenvalue weighted by atomic mass is 9.58. The number of fused-ring (bicyclic) bond motifs is 3. The number of aliphatic hydroxyl groups is 3. The van der Waals surface area contributed by atoms with E-state index < -0.39 is 69.7 Å². The Morgan fingerprint density at radius 2 is 1.54 bits per heavy atom. The number of nitrogens with two attached hydrogens (primary N) is 1. The minimum Gasteiger partial charge on any atom is -0.510 e. The molecule has 50 heavy (non-hydrogen) atoms. The number of hydrogen-bond acceptors (Lipinski definition) is 13. The van der Waals surface area contributed by atoms with Gasteiger partial charge in [0.1, 0.15) is 17.1 Å². The summed E-state index contributed by atoms with van der Waals surface area (Å²) in [5.41, 5.74) is 1.96. The van der Waals surface area contributed by atoms with Crippen molar-refractivity contribution >= 4 is 46.3 Å². The number of carbonyl (C=O) groups excluding carboxylic acids is 6. The molecule has 2 amide bonds. The molecular formula is C35H43N5O10. The Bertz CT molecular complexity index is 1780. The first-order valence-corrected chi connectivity index (χ1v) is 15.8.